The SMILES string of the molecule is Cc1nn(C)c(N2CCCC(N(C)C)C2)c1C=CC(=O)O. The van der Waals surface area contributed by atoms with Crippen LogP contribution in [0.2, 0.25) is 0 Å². The summed E-state index contributed by atoms with van der Waals surface area (Å²) in [6, 6.07) is 0.519. The number of aliphatic carboxylic acids is 1. The molecule has 1 atom stereocenters. The van der Waals surface area contributed by atoms with Crippen LogP contribution in [0.1, 0.15) is 24.1 Å². The molecule has 0 aliphatic carbocycles. The summed E-state index contributed by atoms with van der Waals surface area (Å²) in [5.41, 5.74) is 1.76. The second kappa shape index (κ2) is 6.30. The number of likely N-dealkylation sites (N-methyl/N-ethyl adjacent to an activating group) is 1. The van der Waals surface area contributed by atoms with Crippen molar-refractivity contribution < 1.29 is 9.90 Å². The molecule has 0 saturated carbocycles. The van der Waals surface area contributed by atoms with E-state index in [4.69, 9.17) is 5.11 Å². The molecule has 21 heavy (non-hydrogen) atoms. The normalized spacial score (nSPS) is 19.7. The van der Waals surface area contributed by atoms with Crippen molar-refractivity contribution in [2.45, 2.75) is 25.8 Å². The Labute approximate surface area is 125 Å². The number of hydrogen-bond acceptors (Lipinski definition) is 4. The molecule has 1 aromatic rings. The molecule has 1 fully saturated rings. The third-order valence-electron chi connectivity index (χ3n) is 4.06. The maximum atomic E-state index is 10.8. The van der Waals surface area contributed by atoms with Crippen molar-refractivity contribution in [2.24, 2.45) is 7.05 Å². The Hall–Kier alpha value is -1.82. The highest BCUT2D eigenvalue weighted by atomic mass is 16.4. The molecule has 0 amide bonds. The van der Waals surface area contributed by atoms with Crippen molar-refractivity contribution in [2.75, 3.05) is 32.1 Å². The van der Waals surface area contributed by atoms with Crippen molar-refractivity contribution in [1.82, 2.24) is 14.7 Å². The van der Waals surface area contributed by atoms with Crippen LogP contribution in [-0.2, 0) is 11.8 Å². The van der Waals surface area contributed by atoms with Crippen LogP contribution in [0.15, 0.2) is 6.08 Å². The molecular weight excluding hydrogens is 268 g/mol. The van der Waals surface area contributed by atoms with Crippen LogP contribution in [0.5, 0.6) is 0 Å². The minimum absolute atomic E-state index is 0.519. The van der Waals surface area contributed by atoms with Gasteiger partial charge in [-0.3, -0.25) is 4.68 Å². The van der Waals surface area contributed by atoms with Crippen molar-refractivity contribution in [1.29, 1.82) is 0 Å². The van der Waals surface area contributed by atoms with E-state index in [1.54, 1.807) is 6.08 Å². The molecule has 0 bridgehead atoms. The average molecular weight is 292 g/mol. The lowest BCUT2D eigenvalue weighted by Crippen LogP contribution is -2.46. The number of rotatable bonds is 4. The molecule has 1 aromatic heterocycles. The number of nitrogens with zero attached hydrogens (tertiary/aromatic N) is 4. The number of carboxylic acid groups (broad SMARTS) is 1. The first-order valence-corrected chi connectivity index (χ1v) is 7.26. The van der Waals surface area contributed by atoms with E-state index in [0.29, 0.717) is 6.04 Å². The van der Waals surface area contributed by atoms with E-state index >= 15 is 0 Å². The van der Waals surface area contributed by atoms with Gasteiger partial charge in [0, 0.05) is 37.8 Å². The van der Waals surface area contributed by atoms with E-state index in [1.165, 1.54) is 12.5 Å². The summed E-state index contributed by atoms with van der Waals surface area (Å²) in [5.74, 6) is 0.0746. The fourth-order valence-corrected chi connectivity index (χ4v) is 2.96. The highest BCUT2D eigenvalue weighted by Gasteiger charge is 2.25. The molecule has 0 aromatic carbocycles. The quantitative estimate of drug-likeness (QED) is 0.849. The van der Waals surface area contributed by atoms with Crippen LogP contribution >= 0.6 is 0 Å². The molecule has 1 saturated heterocycles. The van der Waals surface area contributed by atoms with Gasteiger partial charge in [-0.25, -0.2) is 4.79 Å². The lowest BCUT2D eigenvalue weighted by molar-refractivity contribution is -0.131. The van der Waals surface area contributed by atoms with E-state index in [0.717, 1.165) is 36.6 Å². The number of hydrogen-bond donors (Lipinski definition) is 1. The maximum Gasteiger partial charge on any atom is 0.328 e. The summed E-state index contributed by atoms with van der Waals surface area (Å²) in [4.78, 5) is 15.4. The predicted octanol–water partition coefficient (Wildman–Crippen LogP) is 1.36. The Kier molecular flexibility index (Phi) is 4.67. The highest BCUT2D eigenvalue weighted by molar-refractivity contribution is 5.87. The van der Waals surface area contributed by atoms with Gasteiger partial charge in [-0.15, -0.1) is 0 Å². The topological polar surface area (TPSA) is 61.6 Å². The minimum atomic E-state index is -0.936. The van der Waals surface area contributed by atoms with Crippen LogP contribution in [-0.4, -0.2) is 59.0 Å². The smallest absolute Gasteiger partial charge is 0.328 e. The Morgan fingerprint density at radius 2 is 2.19 bits per heavy atom. The van der Waals surface area contributed by atoms with Gasteiger partial charge in [0.1, 0.15) is 5.82 Å². The van der Waals surface area contributed by atoms with Crippen LogP contribution in [0.3, 0.4) is 0 Å². The van der Waals surface area contributed by atoms with E-state index in [1.807, 2.05) is 18.7 Å². The summed E-state index contributed by atoms with van der Waals surface area (Å²) in [6.07, 6.45) is 5.16. The van der Waals surface area contributed by atoms with Gasteiger partial charge in [-0.1, -0.05) is 0 Å². The fraction of sp³-hybridized carbons (Fsp3) is 0.600. The molecule has 1 aliphatic rings. The first kappa shape index (κ1) is 15.6. The highest BCUT2D eigenvalue weighted by Crippen LogP contribution is 2.28. The van der Waals surface area contributed by atoms with Crippen molar-refractivity contribution in [3.05, 3.63) is 17.3 Å². The molecule has 6 nitrogen and oxygen atoms in total. The maximum absolute atomic E-state index is 10.8. The van der Waals surface area contributed by atoms with Crippen molar-refractivity contribution >= 4 is 17.9 Å². The zero-order valence-corrected chi connectivity index (χ0v) is 13.2. The zero-order valence-electron chi connectivity index (χ0n) is 13.2. The zero-order chi connectivity index (χ0) is 15.6. The van der Waals surface area contributed by atoms with Gasteiger partial charge in [0.25, 0.3) is 0 Å². The number of carboxylic acids is 1. The monoisotopic (exact) mass is 292 g/mol. The summed E-state index contributed by atoms with van der Waals surface area (Å²) >= 11 is 0. The third kappa shape index (κ3) is 3.44. The van der Waals surface area contributed by atoms with Crippen LogP contribution < -0.4 is 4.90 Å². The molecule has 0 radical (unpaired) electrons. The summed E-state index contributed by atoms with van der Waals surface area (Å²) in [5, 5.41) is 13.3. The van der Waals surface area contributed by atoms with E-state index < -0.39 is 5.97 Å². The Morgan fingerprint density at radius 1 is 1.48 bits per heavy atom. The number of aromatic nitrogens is 2. The predicted molar refractivity (Wildman–Crippen MR) is 83.5 cm³/mol. The van der Waals surface area contributed by atoms with E-state index in [-0.39, 0.29) is 0 Å². The Balaban J connectivity index is 2.32. The van der Waals surface area contributed by atoms with Gasteiger partial charge in [0.2, 0.25) is 0 Å². The van der Waals surface area contributed by atoms with Crippen LogP contribution in [0.25, 0.3) is 6.08 Å². The summed E-state index contributed by atoms with van der Waals surface area (Å²) < 4.78 is 1.86. The van der Waals surface area contributed by atoms with Gasteiger partial charge in [-0.2, -0.15) is 5.10 Å². The summed E-state index contributed by atoms with van der Waals surface area (Å²) in [7, 11) is 6.13. The number of piperidine rings is 1. The van der Waals surface area contributed by atoms with Gasteiger partial charge in [0.05, 0.1) is 5.69 Å². The molecule has 6 heteroatoms. The fourth-order valence-electron chi connectivity index (χ4n) is 2.96. The molecule has 2 rings (SSSR count). The second-order valence-corrected chi connectivity index (χ2v) is 5.82. The van der Waals surface area contributed by atoms with Crippen LogP contribution in [0.4, 0.5) is 5.82 Å². The van der Waals surface area contributed by atoms with Gasteiger partial charge in [-0.05, 0) is 39.9 Å². The number of carbonyl (C=O) groups is 1. The van der Waals surface area contributed by atoms with E-state index in [9.17, 15) is 4.79 Å². The summed E-state index contributed by atoms with van der Waals surface area (Å²) in [6.45, 7) is 3.84. The first-order valence-electron chi connectivity index (χ1n) is 7.26. The average Bonchev–Trinajstić information content (AvgIpc) is 2.70. The first-order chi connectivity index (χ1) is 9.90. The van der Waals surface area contributed by atoms with E-state index in [2.05, 4.69) is 29.0 Å². The number of aryl methyl sites for hydroxylation is 2. The Bertz CT molecular complexity index is 548. The Morgan fingerprint density at radius 3 is 2.81 bits per heavy atom. The van der Waals surface area contributed by atoms with Gasteiger partial charge in [0.15, 0.2) is 0 Å². The number of anilines is 1. The van der Waals surface area contributed by atoms with Crippen LogP contribution in [0, 0.1) is 6.92 Å². The van der Waals surface area contributed by atoms with Gasteiger partial charge >= 0.3 is 5.97 Å². The molecule has 2 heterocycles. The molecule has 0 spiro atoms. The minimum Gasteiger partial charge on any atom is -0.478 e. The lowest BCUT2D eigenvalue weighted by atomic mass is 10.0. The molecule has 116 valence electrons. The molecule has 1 N–H and O–H groups in total. The standard InChI is InChI=1S/C15H24N4O2/c1-11-13(7-8-14(20)21)15(18(4)16-11)19-9-5-6-12(10-19)17(2)3/h7-8,12H,5-6,9-10H2,1-4H3,(H,20,21). The largest absolute Gasteiger partial charge is 0.478 e. The van der Waals surface area contributed by atoms with Gasteiger partial charge < -0.3 is 14.9 Å². The lowest BCUT2D eigenvalue weighted by Gasteiger charge is -2.37. The molecular formula is C15H24N4O2. The molecule has 1 unspecified atom stereocenters. The second-order valence-electron chi connectivity index (χ2n) is 5.82. The van der Waals surface area contributed by atoms with Crippen molar-refractivity contribution in [3.8, 4) is 0 Å². The molecule has 1 aliphatic heterocycles. The van der Waals surface area contributed by atoms with Crippen molar-refractivity contribution in [3.63, 3.8) is 0 Å². The third-order valence-corrected chi connectivity index (χ3v) is 4.06.